The van der Waals surface area contributed by atoms with E-state index in [2.05, 4.69) is 15.1 Å². The fourth-order valence-electron chi connectivity index (χ4n) is 3.20. The molecule has 8 nitrogen and oxygen atoms in total. The summed E-state index contributed by atoms with van der Waals surface area (Å²) in [5.74, 6) is 0.0644. The summed E-state index contributed by atoms with van der Waals surface area (Å²) in [5.41, 5.74) is 1.71. The number of aromatic nitrogens is 4. The first-order valence-electron chi connectivity index (χ1n) is 9.59. The maximum atomic E-state index is 11.0. The summed E-state index contributed by atoms with van der Waals surface area (Å²) < 4.78 is 13.5. The van der Waals surface area contributed by atoms with Crippen LogP contribution in [0.2, 0.25) is 0 Å². The van der Waals surface area contributed by atoms with Gasteiger partial charge in [-0.05, 0) is 37.0 Å². The molecule has 0 saturated carbocycles. The lowest BCUT2D eigenvalue weighted by Gasteiger charge is -2.23. The smallest absolute Gasteiger partial charge is 0.337 e. The zero-order chi connectivity index (χ0) is 20.1. The Morgan fingerprint density at radius 1 is 1.17 bits per heavy atom. The number of ether oxygens (including phenoxy) is 2. The van der Waals surface area contributed by atoms with Crippen molar-refractivity contribution in [1.82, 2.24) is 19.7 Å². The molecule has 3 aromatic rings. The van der Waals surface area contributed by atoms with Crippen LogP contribution >= 0.6 is 0 Å². The molecule has 1 fully saturated rings. The van der Waals surface area contributed by atoms with Crippen LogP contribution in [0, 0.1) is 0 Å². The minimum absolute atomic E-state index is 0.121. The number of carbonyl (C=O) groups is 1. The van der Waals surface area contributed by atoms with Crippen molar-refractivity contribution in [2.75, 3.05) is 6.61 Å². The Morgan fingerprint density at radius 3 is 2.72 bits per heavy atom. The topological polar surface area (TPSA) is 99.4 Å². The molecule has 0 amide bonds. The fourth-order valence-corrected chi connectivity index (χ4v) is 3.20. The summed E-state index contributed by atoms with van der Waals surface area (Å²) in [6, 6.07) is 13.0. The van der Waals surface area contributed by atoms with E-state index in [0.717, 1.165) is 24.8 Å². The van der Waals surface area contributed by atoms with Gasteiger partial charge in [-0.2, -0.15) is 0 Å². The van der Waals surface area contributed by atoms with E-state index in [4.69, 9.17) is 14.6 Å². The standard InChI is InChI=1S/C21H22N4O4/c26-21(27)16-9-10-17(22-12-16)20-23-18(14-28-13-15-6-2-1-3-7-15)25(24-20)19-8-4-5-11-29-19/h1-3,6-7,9-10,12,19H,4-5,8,11,13-14H2,(H,26,27). The Labute approximate surface area is 168 Å². The first kappa shape index (κ1) is 19.2. The molecule has 3 heterocycles. The lowest BCUT2D eigenvalue weighted by molar-refractivity contribution is -0.0447. The molecule has 1 atom stereocenters. The highest BCUT2D eigenvalue weighted by Gasteiger charge is 2.23. The Hall–Kier alpha value is -3.10. The van der Waals surface area contributed by atoms with Crippen molar-refractivity contribution >= 4 is 5.97 Å². The maximum absolute atomic E-state index is 11.0. The highest BCUT2D eigenvalue weighted by molar-refractivity contribution is 5.87. The van der Waals surface area contributed by atoms with Crippen LogP contribution in [0.25, 0.3) is 11.5 Å². The van der Waals surface area contributed by atoms with Crippen molar-refractivity contribution in [1.29, 1.82) is 0 Å². The van der Waals surface area contributed by atoms with Crippen LogP contribution in [0.3, 0.4) is 0 Å². The lowest BCUT2D eigenvalue weighted by atomic mass is 10.2. The minimum Gasteiger partial charge on any atom is -0.478 e. The molecular formula is C21H22N4O4. The van der Waals surface area contributed by atoms with Gasteiger partial charge in [0, 0.05) is 12.8 Å². The summed E-state index contributed by atoms with van der Waals surface area (Å²) >= 11 is 0. The predicted molar refractivity (Wildman–Crippen MR) is 104 cm³/mol. The van der Waals surface area contributed by atoms with Crippen LogP contribution in [-0.4, -0.2) is 37.4 Å². The number of nitrogens with zero attached hydrogens (tertiary/aromatic N) is 4. The largest absolute Gasteiger partial charge is 0.478 e. The van der Waals surface area contributed by atoms with Gasteiger partial charge in [-0.15, -0.1) is 5.10 Å². The lowest BCUT2D eigenvalue weighted by Crippen LogP contribution is -2.21. The number of carboxylic acid groups (broad SMARTS) is 1. The van der Waals surface area contributed by atoms with Crippen molar-refractivity contribution < 1.29 is 19.4 Å². The van der Waals surface area contributed by atoms with Crippen LogP contribution in [0.5, 0.6) is 0 Å². The summed E-state index contributed by atoms with van der Waals surface area (Å²) in [6.07, 6.45) is 4.09. The van der Waals surface area contributed by atoms with Crippen molar-refractivity contribution in [3.8, 4) is 11.5 Å². The highest BCUT2D eigenvalue weighted by Crippen LogP contribution is 2.25. The molecule has 1 aromatic carbocycles. The SMILES string of the molecule is O=C(O)c1ccc(-c2nc(COCc3ccccc3)n(C3CCCCO3)n2)nc1. The minimum atomic E-state index is -1.02. The van der Waals surface area contributed by atoms with E-state index in [1.807, 2.05) is 30.3 Å². The quantitative estimate of drug-likeness (QED) is 0.655. The first-order chi connectivity index (χ1) is 14.2. The van der Waals surface area contributed by atoms with E-state index >= 15 is 0 Å². The molecule has 0 radical (unpaired) electrons. The third-order valence-corrected chi connectivity index (χ3v) is 4.71. The van der Waals surface area contributed by atoms with Gasteiger partial charge in [0.1, 0.15) is 12.3 Å². The van der Waals surface area contributed by atoms with Crippen LogP contribution in [0.4, 0.5) is 0 Å². The van der Waals surface area contributed by atoms with Gasteiger partial charge in [-0.3, -0.25) is 4.98 Å². The molecule has 4 rings (SSSR count). The Bertz CT molecular complexity index is 951. The molecule has 29 heavy (non-hydrogen) atoms. The molecule has 1 aliphatic rings. The van der Waals surface area contributed by atoms with Gasteiger partial charge < -0.3 is 14.6 Å². The maximum Gasteiger partial charge on any atom is 0.337 e. The van der Waals surface area contributed by atoms with Gasteiger partial charge in [-0.25, -0.2) is 14.5 Å². The summed E-state index contributed by atoms with van der Waals surface area (Å²) in [4.78, 5) is 19.8. The Kier molecular flexibility index (Phi) is 5.92. The van der Waals surface area contributed by atoms with Gasteiger partial charge in [0.2, 0.25) is 0 Å². The highest BCUT2D eigenvalue weighted by atomic mass is 16.5. The molecule has 2 aromatic heterocycles. The van der Waals surface area contributed by atoms with Gasteiger partial charge in [-0.1, -0.05) is 30.3 Å². The van der Waals surface area contributed by atoms with Crippen molar-refractivity contribution in [3.05, 3.63) is 65.6 Å². The molecule has 1 N–H and O–H groups in total. The van der Waals surface area contributed by atoms with E-state index in [9.17, 15) is 4.79 Å². The second-order valence-electron chi connectivity index (χ2n) is 6.83. The summed E-state index contributed by atoms with van der Waals surface area (Å²) in [7, 11) is 0. The second-order valence-corrected chi connectivity index (χ2v) is 6.83. The van der Waals surface area contributed by atoms with E-state index in [1.54, 1.807) is 10.7 Å². The van der Waals surface area contributed by atoms with Gasteiger partial charge >= 0.3 is 5.97 Å². The first-order valence-corrected chi connectivity index (χ1v) is 9.59. The molecule has 0 spiro atoms. The predicted octanol–water partition coefficient (Wildman–Crippen LogP) is 3.45. The second kappa shape index (κ2) is 8.93. The molecule has 150 valence electrons. The molecule has 1 saturated heterocycles. The van der Waals surface area contributed by atoms with E-state index < -0.39 is 5.97 Å². The Morgan fingerprint density at radius 2 is 2.03 bits per heavy atom. The molecule has 8 heteroatoms. The number of pyridine rings is 1. The molecular weight excluding hydrogens is 372 g/mol. The average Bonchev–Trinajstić information content (AvgIpc) is 3.19. The van der Waals surface area contributed by atoms with Gasteiger partial charge in [0.15, 0.2) is 17.9 Å². The van der Waals surface area contributed by atoms with Crippen molar-refractivity contribution in [2.24, 2.45) is 0 Å². The molecule has 0 bridgehead atoms. The van der Waals surface area contributed by atoms with Crippen LogP contribution in [0.15, 0.2) is 48.7 Å². The monoisotopic (exact) mass is 394 g/mol. The number of carboxylic acids is 1. The van der Waals surface area contributed by atoms with Gasteiger partial charge in [0.05, 0.1) is 12.2 Å². The van der Waals surface area contributed by atoms with Crippen molar-refractivity contribution in [2.45, 2.75) is 38.7 Å². The van der Waals surface area contributed by atoms with Crippen LogP contribution in [0.1, 0.15) is 47.2 Å². The normalized spacial score (nSPS) is 16.6. The number of aromatic carboxylic acids is 1. The molecule has 1 unspecified atom stereocenters. The zero-order valence-corrected chi connectivity index (χ0v) is 15.9. The summed E-state index contributed by atoms with van der Waals surface area (Å²) in [6.45, 7) is 1.45. The zero-order valence-electron chi connectivity index (χ0n) is 15.9. The Balaban J connectivity index is 1.55. The number of benzene rings is 1. The average molecular weight is 394 g/mol. The summed E-state index contributed by atoms with van der Waals surface area (Å²) in [5, 5.41) is 13.6. The van der Waals surface area contributed by atoms with E-state index in [0.29, 0.717) is 30.6 Å². The van der Waals surface area contributed by atoms with Crippen LogP contribution in [-0.2, 0) is 22.7 Å². The van der Waals surface area contributed by atoms with E-state index in [-0.39, 0.29) is 18.4 Å². The van der Waals surface area contributed by atoms with E-state index in [1.165, 1.54) is 12.3 Å². The molecule has 0 aliphatic carbocycles. The fraction of sp³-hybridized carbons (Fsp3) is 0.333. The number of rotatable bonds is 7. The van der Waals surface area contributed by atoms with Gasteiger partial charge in [0.25, 0.3) is 0 Å². The van der Waals surface area contributed by atoms with Crippen molar-refractivity contribution in [3.63, 3.8) is 0 Å². The van der Waals surface area contributed by atoms with Crippen LogP contribution < -0.4 is 0 Å². The molecule has 1 aliphatic heterocycles. The number of hydrogen-bond acceptors (Lipinski definition) is 6. The third-order valence-electron chi connectivity index (χ3n) is 4.71. The number of hydrogen-bond donors (Lipinski definition) is 1. The third kappa shape index (κ3) is 4.67.